The predicted octanol–water partition coefficient (Wildman–Crippen LogP) is 4.55. The highest BCUT2D eigenvalue weighted by molar-refractivity contribution is 7.98. The number of alkyl halides is 3. The number of nitrogen functional groups attached to an aromatic ring is 1. The van der Waals surface area contributed by atoms with E-state index in [0.717, 1.165) is 29.1 Å². The van der Waals surface area contributed by atoms with Crippen LogP contribution in [0.25, 0.3) is 0 Å². The molecule has 7 nitrogen and oxygen atoms in total. The van der Waals surface area contributed by atoms with E-state index in [1.165, 1.54) is 18.7 Å². The van der Waals surface area contributed by atoms with Crippen LogP contribution in [0, 0.1) is 25.2 Å². The van der Waals surface area contributed by atoms with Crippen molar-refractivity contribution in [3.8, 4) is 11.8 Å². The van der Waals surface area contributed by atoms with Gasteiger partial charge in [0.25, 0.3) is 0 Å². The van der Waals surface area contributed by atoms with Crippen LogP contribution in [0.3, 0.4) is 0 Å². The fourth-order valence-electron chi connectivity index (χ4n) is 2.89. The molecule has 0 saturated carbocycles. The van der Waals surface area contributed by atoms with E-state index in [1.54, 1.807) is 37.5 Å². The Kier molecular flexibility index (Phi) is 6.74. The smallest absolute Gasteiger partial charge is 0.433 e. The molecule has 11 heteroatoms. The third-order valence-corrected chi connectivity index (χ3v) is 5.44. The van der Waals surface area contributed by atoms with E-state index in [2.05, 4.69) is 15.1 Å². The number of hydrogen-bond acceptors (Lipinski definition) is 7. The maximum atomic E-state index is 13.2. The zero-order valence-corrected chi connectivity index (χ0v) is 18.3. The van der Waals surface area contributed by atoms with Crippen molar-refractivity contribution in [3.05, 3.63) is 64.1 Å². The van der Waals surface area contributed by atoms with Gasteiger partial charge in [0.2, 0.25) is 5.95 Å². The Bertz CT molecular complexity index is 1210. The molecule has 0 atom stereocenters. The Morgan fingerprint density at radius 1 is 1.28 bits per heavy atom. The molecule has 0 amide bonds. The molecular weight excluding hydrogens is 441 g/mol. The molecule has 0 radical (unpaired) electrons. The summed E-state index contributed by atoms with van der Waals surface area (Å²) < 4.78 is 46.3. The molecule has 2 heterocycles. The van der Waals surface area contributed by atoms with Crippen molar-refractivity contribution in [2.24, 2.45) is 5.10 Å². The standard InChI is InChI=1S/C21H19F3N6OS/c1-12-6-18(21(22,23)24)29-19(16(12)8-25)32-11-15-7-14(4-5-17(15)31-3)9-27-30-10-13(2)28-20(30)26/h4-7,9-10H,11H2,1-3H3,(H2,26,28). The highest BCUT2D eigenvalue weighted by atomic mass is 32.2. The highest BCUT2D eigenvalue weighted by Crippen LogP contribution is 2.35. The molecule has 2 aromatic heterocycles. The van der Waals surface area contributed by atoms with Gasteiger partial charge >= 0.3 is 6.18 Å². The van der Waals surface area contributed by atoms with Crippen LogP contribution in [0.5, 0.6) is 5.75 Å². The van der Waals surface area contributed by atoms with Gasteiger partial charge in [0.15, 0.2) is 0 Å². The molecule has 1 aromatic carbocycles. The molecule has 0 spiro atoms. The van der Waals surface area contributed by atoms with Crippen molar-refractivity contribution >= 4 is 23.9 Å². The molecule has 2 N–H and O–H groups in total. The fourth-order valence-corrected chi connectivity index (χ4v) is 3.92. The zero-order chi connectivity index (χ0) is 23.5. The molecule has 0 saturated heterocycles. The number of imidazole rings is 1. The van der Waals surface area contributed by atoms with Gasteiger partial charge in [0.1, 0.15) is 22.5 Å². The number of methoxy groups -OCH3 is 1. The maximum Gasteiger partial charge on any atom is 0.433 e. The lowest BCUT2D eigenvalue weighted by atomic mass is 10.1. The second-order valence-corrected chi connectivity index (χ2v) is 7.77. The Balaban J connectivity index is 1.89. The number of thioether (sulfide) groups is 1. The first-order chi connectivity index (χ1) is 15.1. The van der Waals surface area contributed by atoms with Crippen LogP contribution in [-0.2, 0) is 11.9 Å². The Labute approximate surface area is 186 Å². The summed E-state index contributed by atoms with van der Waals surface area (Å²) in [4.78, 5) is 7.75. The Morgan fingerprint density at radius 3 is 2.62 bits per heavy atom. The van der Waals surface area contributed by atoms with Crippen LogP contribution in [-0.4, -0.2) is 28.0 Å². The number of aromatic nitrogens is 3. The lowest BCUT2D eigenvalue weighted by molar-refractivity contribution is -0.141. The van der Waals surface area contributed by atoms with E-state index in [4.69, 9.17) is 10.5 Å². The second kappa shape index (κ2) is 9.32. The van der Waals surface area contributed by atoms with Gasteiger partial charge in [0.05, 0.1) is 30.8 Å². The molecule has 0 bridgehead atoms. The SMILES string of the molecule is COc1ccc(C=Nn2cc(C)nc2N)cc1CSc1nc(C(F)(F)F)cc(C)c1C#N. The predicted molar refractivity (Wildman–Crippen MR) is 116 cm³/mol. The molecule has 0 unspecified atom stereocenters. The van der Waals surface area contributed by atoms with Gasteiger partial charge < -0.3 is 10.5 Å². The van der Waals surface area contributed by atoms with Crippen LogP contribution >= 0.6 is 11.8 Å². The number of pyridine rings is 1. The molecule has 0 aliphatic rings. The van der Waals surface area contributed by atoms with Crippen molar-refractivity contribution in [2.75, 3.05) is 12.8 Å². The number of nitriles is 1. The summed E-state index contributed by atoms with van der Waals surface area (Å²) in [7, 11) is 1.50. The molecule has 0 fully saturated rings. The number of anilines is 1. The molecule has 3 rings (SSSR count). The van der Waals surface area contributed by atoms with E-state index < -0.39 is 11.9 Å². The van der Waals surface area contributed by atoms with Gasteiger partial charge in [-0.25, -0.2) is 14.6 Å². The van der Waals surface area contributed by atoms with Crippen molar-refractivity contribution in [1.29, 1.82) is 5.26 Å². The second-order valence-electron chi connectivity index (χ2n) is 6.80. The quantitative estimate of drug-likeness (QED) is 0.428. The van der Waals surface area contributed by atoms with Gasteiger partial charge in [0, 0.05) is 11.3 Å². The van der Waals surface area contributed by atoms with Crippen LogP contribution < -0.4 is 10.5 Å². The Morgan fingerprint density at radius 2 is 2.03 bits per heavy atom. The zero-order valence-electron chi connectivity index (χ0n) is 17.4. The minimum atomic E-state index is -4.60. The van der Waals surface area contributed by atoms with Gasteiger partial charge in [-0.1, -0.05) is 0 Å². The first-order valence-electron chi connectivity index (χ1n) is 9.27. The molecule has 166 valence electrons. The summed E-state index contributed by atoms with van der Waals surface area (Å²) in [6.45, 7) is 3.25. The van der Waals surface area contributed by atoms with Gasteiger partial charge in [-0.2, -0.15) is 23.5 Å². The molecule has 0 aliphatic heterocycles. The van der Waals surface area contributed by atoms with E-state index >= 15 is 0 Å². The minimum Gasteiger partial charge on any atom is -0.496 e. The van der Waals surface area contributed by atoms with Crippen molar-refractivity contribution in [1.82, 2.24) is 14.6 Å². The molecular formula is C21H19F3N6OS. The van der Waals surface area contributed by atoms with E-state index in [0.29, 0.717) is 11.3 Å². The average molecular weight is 460 g/mol. The third kappa shape index (κ3) is 5.20. The van der Waals surface area contributed by atoms with E-state index in [-0.39, 0.29) is 27.9 Å². The lowest BCUT2D eigenvalue weighted by Gasteiger charge is -2.13. The monoisotopic (exact) mass is 460 g/mol. The summed E-state index contributed by atoms with van der Waals surface area (Å²) in [5.41, 5.74) is 7.24. The first kappa shape index (κ1) is 23.1. The van der Waals surface area contributed by atoms with E-state index in [1.807, 2.05) is 6.07 Å². The molecule has 3 aromatic rings. The summed E-state index contributed by atoms with van der Waals surface area (Å²) in [5.74, 6) is 1.03. The fraction of sp³-hybridized carbons (Fsp3) is 0.238. The summed E-state index contributed by atoms with van der Waals surface area (Å²) in [6.07, 6.45) is -1.34. The first-order valence-corrected chi connectivity index (χ1v) is 10.3. The van der Waals surface area contributed by atoms with Gasteiger partial charge in [-0.3, -0.25) is 0 Å². The number of nitrogens with two attached hydrogens (primary N) is 1. The van der Waals surface area contributed by atoms with Crippen LogP contribution in [0.2, 0.25) is 0 Å². The normalized spacial score (nSPS) is 11.7. The lowest BCUT2D eigenvalue weighted by Crippen LogP contribution is -2.10. The number of rotatable bonds is 6. The largest absolute Gasteiger partial charge is 0.496 e. The number of ether oxygens (including phenoxy) is 1. The number of benzene rings is 1. The van der Waals surface area contributed by atoms with Crippen molar-refractivity contribution in [3.63, 3.8) is 0 Å². The summed E-state index contributed by atoms with van der Waals surface area (Å²) >= 11 is 1.03. The number of nitrogens with zero attached hydrogens (tertiary/aromatic N) is 5. The van der Waals surface area contributed by atoms with Crippen LogP contribution in [0.4, 0.5) is 19.1 Å². The van der Waals surface area contributed by atoms with E-state index in [9.17, 15) is 18.4 Å². The highest BCUT2D eigenvalue weighted by Gasteiger charge is 2.34. The Hall–Kier alpha value is -3.52. The van der Waals surface area contributed by atoms with Gasteiger partial charge in [-0.05, 0) is 49.2 Å². The average Bonchev–Trinajstić information content (AvgIpc) is 3.06. The third-order valence-electron chi connectivity index (χ3n) is 4.42. The number of aryl methyl sites for hydroxylation is 2. The summed E-state index contributed by atoms with van der Waals surface area (Å²) in [5, 5.41) is 13.7. The van der Waals surface area contributed by atoms with Crippen LogP contribution in [0.15, 0.2) is 40.6 Å². The van der Waals surface area contributed by atoms with Crippen molar-refractivity contribution < 1.29 is 17.9 Å². The van der Waals surface area contributed by atoms with Crippen molar-refractivity contribution in [2.45, 2.75) is 30.8 Å². The summed E-state index contributed by atoms with van der Waals surface area (Å²) in [6, 6.07) is 8.13. The molecule has 0 aliphatic carbocycles. The number of halogens is 3. The van der Waals surface area contributed by atoms with Crippen LogP contribution in [0.1, 0.15) is 33.6 Å². The number of hydrogen-bond donors (Lipinski definition) is 1. The van der Waals surface area contributed by atoms with Gasteiger partial charge in [-0.15, -0.1) is 11.8 Å². The maximum absolute atomic E-state index is 13.2. The minimum absolute atomic E-state index is 0.0163. The molecule has 32 heavy (non-hydrogen) atoms. The topological polar surface area (TPSA) is 102 Å².